The molecule has 0 radical (unpaired) electrons. The maximum atomic E-state index is 12.0. The number of amides is 1. The number of likely N-dealkylation sites (N-methyl/N-ethyl adjacent to an activating group) is 1. The third kappa shape index (κ3) is 6.14. The molecule has 2 saturated heterocycles. The Morgan fingerprint density at radius 3 is 2.41 bits per heavy atom. The summed E-state index contributed by atoms with van der Waals surface area (Å²) in [6.07, 6.45) is 6.10. The van der Waals surface area contributed by atoms with Crippen molar-refractivity contribution in [3.8, 4) is 0 Å². The number of nitrogens with one attached hydrogen (secondary N) is 1. The van der Waals surface area contributed by atoms with Crippen LogP contribution >= 0.6 is 0 Å². The molecule has 2 fully saturated rings. The molecule has 1 aromatic rings. The van der Waals surface area contributed by atoms with Crippen molar-refractivity contribution in [2.75, 3.05) is 75.4 Å². The van der Waals surface area contributed by atoms with Gasteiger partial charge in [-0.05, 0) is 61.3 Å². The summed E-state index contributed by atoms with van der Waals surface area (Å²) in [4.78, 5) is 19.3. The molecule has 34 heavy (non-hydrogen) atoms. The van der Waals surface area contributed by atoms with Crippen LogP contribution in [0.4, 0.5) is 11.4 Å². The van der Waals surface area contributed by atoms with Gasteiger partial charge in [0.2, 0.25) is 5.91 Å². The van der Waals surface area contributed by atoms with Gasteiger partial charge in [-0.2, -0.15) is 0 Å². The summed E-state index contributed by atoms with van der Waals surface area (Å²) in [7, 11) is 0. The first-order valence-corrected chi connectivity index (χ1v) is 13.3. The van der Waals surface area contributed by atoms with Crippen LogP contribution in [0.2, 0.25) is 0 Å². The van der Waals surface area contributed by atoms with Crippen molar-refractivity contribution in [3.63, 3.8) is 0 Å². The molecule has 6 nitrogen and oxygen atoms in total. The molecule has 0 spiro atoms. The normalized spacial score (nSPS) is 22.5. The number of allylic oxidation sites excluding steroid dienone is 2. The van der Waals surface area contributed by atoms with Gasteiger partial charge in [-0.15, -0.1) is 0 Å². The number of hydrogen-bond acceptors (Lipinski definition) is 5. The summed E-state index contributed by atoms with van der Waals surface area (Å²) in [5.74, 6) is 0.882. The van der Waals surface area contributed by atoms with Gasteiger partial charge in [0, 0.05) is 62.8 Å². The maximum absolute atomic E-state index is 12.0. The zero-order chi connectivity index (χ0) is 24.1. The molecule has 0 bridgehead atoms. The lowest BCUT2D eigenvalue weighted by Crippen LogP contribution is -2.49. The number of ether oxygens (including phenoxy) is 1. The molecule has 1 unspecified atom stereocenters. The van der Waals surface area contributed by atoms with Crippen LogP contribution in [0.5, 0.6) is 0 Å². The van der Waals surface area contributed by atoms with Crippen molar-refractivity contribution in [1.82, 2.24) is 10.2 Å². The van der Waals surface area contributed by atoms with Gasteiger partial charge in [0.25, 0.3) is 0 Å². The molecule has 1 aromatic carbocycles. The molecular weight excluding hydrogens is 424 g/mol. The van der Waals surface area contributed by atoms with E-state index in [-0.39, 0.29) is 5.91 Å². The van der Waals surface area contributed by atoms with E-state index in [0.29, 0.717) is 18.5 Å². The second-order valence-corrected chi connectivity index (χ2v) is 11.1. The van der Waals surface area contributed by atoms with Gasteiger partial charge >= 0.3 is 0 Å². The van der Waals surface area contributed by atoms with E-state index in [4.69, 9.17) is 4.74 Å². The highest BCUT2D eigenvalue weighted by Gasteiger charge is 2.28. The number of nitrogens with zero attached hydrogens (tertiary/aromatic N) is 3. The molecule has 3 aliphatic rings. The largest absolute Gasteiger partial charge is 0.378 e. The number of piperazine rings is 1. The van der Waals surface area contributed by atoms with Gasteiger partial charge in [-0.25, -0.2) is 0 Å². The van der Waals surface area contributed by atoms with Crippen molar-refractivity contribution in [3.05, 3.63) is 29.8 Å². The Morgan fingerprint density at radius 1 is 1.06 bits per heavy atom. The van der Waals surface area contributed by atoms with Gasteiger partial charge in [0.1, 0.15) is 0 Å². The van der Waals surface area contributed by atoms with Crippen LogP contribution in [0.15, 0.2) is 24.3 Å². The topological polar surface area (TPSA) is 48.1 Å². The summed E-state index contributed by atoms with van der Waals surface area (Å²) in [6, 6.07) is 7.08. The highest BCUT2D eigenvalue weighted by Crippen LogP contribution is 2.42. The number of carbonyl (C=O) groups is 1. The molecule has 1 atom stereocenters. The van der Waals surface area contributed by atoms with E-state index in [9.17, 15) is 4.79 Å². The fourth-order valence-corrected chi connectivity index (χ4v) is 5.54. The van der Waals surface area contributed by atoms with E-state index >= 15 is 0 Å². The van der Waals surface area contributed by atoms with E-state index in [2.05, 4.69) is 65.1 Å². The molecule has 1 N–H and O–H groups in total. The number of morpholine rings is 1. The van der Waals surface area contributed by atoms with Crippen molar-refractivity contribution in [1.29, 1.82) is 0 Å². The second-order valence-electron chi connectivity index (χ2n) is 11.1. The predicted molar refractivity (Wildman–Crippen MR) is 142 cm³/mol. The third-order valence-electron chi connectivity index (χ3n) is 7.79. The lowest BCUT2D eigenvalue weighted by Gasteiger charge is -2.38. The van der Waals surface area contributed by atoms with Crippen molar-refractivity contribution < 1.29 is 9.53 Å². The van der Waals surface area contributed by atoms with Crippen LogP contribution < -0.4 is 15.1 Å². The Kier molecular flexibility index (Phi) is 8.20. The smallest absolute Gasteiger partial charge is 0.234 e. The fraction of sp³-hybridized carbons (Fsp3) is 0.679. The van der Waals surface area contributed by atoms with E-state index in [1.54, 1.807) is 0 Å². The summed E-state index contributed by atoms with van der Waals surface area (Å²) in [6.45, 7) is 17.6. The van der Waals surface area contributed by atoms with Crippen LogP contribution in [-0.4, -0.2) is 76.4 Å². The Balaban J connectivity index is 1.54. The number of rotatable bonds is 6. The number of carbonyl (C=O) groups excluding carboxylic acids is 1. The molecule has 188 valence electrons. The molecular formula is C28H44N4O2. The maximum Gasteiger partial charge on any atom is 0.234 e. The second kappa shape index (κ2) is 11.1. The van der Waals surface area contributed by atoms with Gasteiger partial charge in [0.05, 0.1) is 19.8 Å². The monoisotopic (exact) mass is 468 g/mol. The molecule has 4 rings (SSSR count). The Morgan fingerprint density at radius 2 is 1.79 bits per heavy atom. The summed E-state index contributed by atoms with van der Waals surface area (Å²) in [5, 5.41) is 2.92. The quantitative estimate of drug-likeness (QED) is 0.684. The lowest BCUT2D eigenvalue weighted by atomic mass is 9.72. The van der Waals surface area contributed by atoms with Crippen molar-refractivity contribution in [2.24, 2.45) is 11.3 Å². The summed E-state index contributed by atoms with van der Waals surface area (Å²) < 4.78 is 5.59. The van der Waals surface area contributed by atoms with E-state index in [1.807, 2.05) is 6.92 Å². The lowest BCUT2D eigenvalue weighted by molar-refractivity contribution is -0.122. The highest BCUT2D eigenvalue weighted by molar-refractivity contribution is 5.81. The fourth-order valence-electron chi connectivity index (χ4n) is 5.54. The third-order valence-corrected chi connectivity index (χ3v) is 7.79. The van der Waals surface area contributed by atoms with Crippen molar-refractivity contribution >= 4 is 22.9 Å². The molecule has 0 saturated carbocycles. The minimum Gasteiger partial charge on any atom is -0.378 e. The van der Waals surface area contributed by atoms with Crippen LogP contribution in [0.3, 0.4) is 0 Å². The van der Waals surface area contributed by atoms with Crippen LogP contribution in [0.1, 0.15) is 52.5 Å². The summed E-state index contributed by atoms with van der Waals surface area (Å²) in [5.41, 5.74) is 5.95. The Labute approximate surface area is 206 Å². The molecule has 2 heterocycles. The highest BCUT2D eigenvalue weighted by atomic mass is 16.5. The zero-order valence-electron chi connectivity index (χ0n) is 21.7. The Hall–Kier alpha value is -2.05. The molecule has 1 aliphatic carbocycles. The average Bonchev–Trinajstić information content (AvgIpc) is 2.84. The predicted octanol–water partition coefficient (Wildman–Crippen LogP) is 4.01. The standard InChI is InChI=1S/C28H44N4O2/c1-5-29-27(33)21-30-12-14-32(15-13-30)26-11-10-24(31-16-18-34-19-17-31)20-25(26)22-6-8-23(9-7-22)28(2,3)4/h6,10-11,20,23H,5,7-9,12-19,21H2,1-4H3,(H,29,33). The molecule has 6 heteroatoms. The minimum absolute atomic E-state index is 0.132. The number of hydrogen-bond donors (Lipinski definition) is 1. The first-order chi connectivity index (χ1) is 16.3. The van der Waals surface area contributed by atoms with Gasteiger partial charge < -0.3 is 19.9 Å². The molecule has 2 aliphatic heterocycles. The van der Waals surface area contributed by atoms with Crippen LogP contribution in [-0.2, 0) is 9.53 Å². The Bertz CT molecular complexity index is 862. The summed E-state index contributed by atoms with van der Waals surface area (Å²) >= 11 is 0. The van der Waals surface area contributed by atoms with E-state index in [1.165, 1.54) is 35.4 Å². The first-order valence-electron chi connectivity index (χ1n) is 13.3. The van der Waals surface area contributed by atoms with Gasteiger partial charge in [-0.3, -0.25) is 9.69 Å². The average molecular weight is 469 g/mol. The number of benzene rings is 1. The molecule has 1 amide bonds. The zero-order valence-corrected chi connectivity index (χ0v) is 21.7. The van der Waals surface area contributed by atoms with E-state index in [0.717, 1.165) is 64.8 Å². The van der Waals surface area contributed by atoms with Crippen LogP contribution in [0.25, 0.3) is 5.57 Å². The first kappa shape index (κ1) is 25.1. The van der Waals surface area contributed by atoms with Crippen molar-refractivity contribution in [2.45, 2.75) is 47.0 Å². The number of anilines is 2. The van der Waals surface area contributed by atoms with Gasteiger partial charge in [-0.1, -0.05) is 26.8 Å². The SMILES string of the molecule is CCNC(=O)CN1CCN(c2ccc(N3CCOCC3)cc2C2=CCC(C(C)(C)C)CC2)CC1. The molecule has 0 aromatic heterocycles. The van der Waals surface area contributed by atoms with Crippen LogP contribution in [0, 0.1) is 11.3 Å². The van der Waals surface area contributed by atoms with Gasteiger partial charge in [0.15, 0.2) is 0 Å². The minimum atomic E-state index is 0.132. The van der Waals surface area contributed by atoms with E-state index < -0.39 is 0 Å².